The molecular formula is C19H31NO. The Labute approximate surface area is 130 Å². The Morgan fingerprint density at radius 3 is 2.14 bits per heavy atom. The molecule has 2 heteroatoms. The standard InChI is InChI=1S/C19H31NO/c1-14-6-8-19(9-7-14,20(4)5)18(21)13-17-11-15(2)10-16(3)12-17/h10-12,14,18,21H,6-9,13H2,1-5H3. The molecule has 1 aliphatic rings. The summed E-state index contributed by atoms with van der Waals surface area (Å²) in [4.78, 5) is 2.27. The van der Waals surface area contributed by atoms with E-state index < -0.39 is 0 Å². The highest BCUT2D eigenvalue weighted by Gasteiger charge is 2.42. The second-order valence-corrected chi connectivity index (χ2v) is 7.40. The molecule has 0 amide bonds. The van der Waals surface area contributed by atoms with Crippen molar-refractivity contribution in [3.05, 3.63) is 34.9 Å². The molecule has 0 bridgehead atoms. The van der Waals surface area contributed by atoms with E-state index >= 15 is 0 Å². The van der Waals surface area contributed by atoms with Crippen molar-refractivity contribution in [2.45, 2.75) is 64.5 Å². The van der Waals surface area contributed by atoms with Crippen LogP contribution in [0.25, 0.3) is 0 Å². The fourth-order valence-electron chi connectivity index (χ4n) is 3.94. The first-order valence-electron chi connectivity index (χ1n) is 8.26. The van der Waals surface area contributed by atoms with Gasteiger partial charge in [-0.3, -0.25) is 0 Å². The van der Waals surface area contributed by atoms with Crippen molar-refractivity contribution in [3.63, 3.8) is 0 Å². The van der Waals surface area contributed by atoms with E-state index in [1.165, 1.54) is 29.5 Å². The topological polar surface area (TPSA) is 23.5 Å². The highest BCUT2D eigenvalue weighted by molar-refractivity contribution is 5.29. The number of aliphatic hydroxyl groups is 1. The zero-order valence-corrected chi connectivity index (χ0v) is 14.3. The van der Waals surface area contributed by atoms with Gasteiger partial charge in [-0.25, -0.2) is 0 Å². The van der Waals surface area contributed by atoms with E-state index in [1.807, 2.05) is 0 Å². The molecule has 1 atom stereocenters. The van der Waals surface area contributed by atoms with E-state index in [1.54, 1.807) is 0 Å². The van der Waals surface area contributed by atoms with Crippen molar-refractivity contribution >= 4 is 0 Å². The summed E-state index contributed by atoms with van der Waals surface area (Å²) in [5.74, 6) is 0.798. The van der Waals surface area contributed by atoms with Gasteiger partial charge in [-0.2, -0.15) is 0 Å². The Morgan fingerprint density at radius 2 is 1.67 bits per heavy atom. The van der Waals surface area contributed by atoms with Crippen LogP contribution in [-0.2, 0) is 6.42 Å². The van der Waals surface area contributed by atoms with Crippen LogP contribution >= 0.6 is 0 Å². The first kappa shape index (κ1) is 16.5. The number of likely N-dealkylation sites (N-methyl/N-ethyl adjacent to an activating group) is 1. The molecular weight excluding hydrogens is 258 g/mol. The van der Waals surface area contributed by atoms with Crippen LogP contribution < -0.4 is 0 Å². The first-order chi connectivity index (χ1) is 9.83. The monoisotopic (exact) mass is 289 g/mol. The molecule has 21 heavy (non-hydrogen) atoms. The molecule has 1 saturated carbocycles. The number of aryl methyl sites for hydroxylation is 2. The third kappa shape index (κ3) is 3.67. The van der Waals surface area contributed by atoms with Crippen LogP contribution in [0.5, 0.6) is 0 Å². The van der Waals surface area contributed by atoms with Crippen molar-refractivity contribution in [3.8, 4) is 0 Å². The molecule has 0 radical (unpaired) electrons. The maximum atomic E-state index is 11.0. The third-order valence-corrected chi connectivity index (χ3v) is 5.36. The second-order valence-electron chi connectivity index (χ2n) is 7.40. The number of rotatable bonds is 4. The summed E-state index contributed by atoms with van der Waals surface area (Å²) >= 11 is 0. The van der Waals surface area contributed by atoms with Crippen LogP contribution in [0.3, 0.4) is 0 Å². The van der Waals surface area contributed by atoms with Crippen LogP contribution in [0.2, 0.25) is 0 Å². The average molecular weight is 289 g/mol. The van der Waals surface area contributed by atoms with E-state index in [2.05, 4.69) is 58.0 Å². The number of nitrogens with zero attached hydrogens (tertiary/aromatic N) is 1. The smallest absolute Gasteiger partial charge is 0.0763 e. The molecule has 1 aliphatic carbocycles. The van der Waals surface area contributed by atoms with Gasteiger partial charge in [-0.1, -0.05) is 36.2 Å². The first-order valence-corrected chi connectivity index (χ1v) is 8.26. The van der Waals surface area contributed by atoms with Gasteiger partial charge < -0.3 is 10.0 Å². The molecule has 1 fully saturated rings. The molecule has 2 nitrogen and oxygen atoms in total. The number of benzene rings is 1. The van der Waals surface area contributed by atoms with Crippen LogP contribution in [0.15, 0.2) is 18.2 Å². The molecule has 1 N–H and O–H groups in total. The number of hydrogen-bond donors (Lipinski definition) is 1. The van der Waals surface area contributed by atoms with Crippen LogP contribution in [-0.4, -0.2) is 35.7 Å². The second kappa shape index (κ2) is 6.50. The molecule has 0 aromatic heterocycles. The normalized spacial score (nSPS) is 27.9. The SMILES string of the molecule is Cc1cc(C)cc(CC(O)C2(N(C)C)CCC(C)CC2)c1. The fourth-order valence-corrected chi connectivity index (χ4v) is 3.94. The lowest BCUT2D eigenvalue weighted by molar-refractivity contribution is -0.0382. The van der Waals surface area contributed by atoms with Crippen LogP contribution in [0.4, 0.5) is 0 Å². The van der Waals surface area contributed by atoms with Gasteiger partial charge in [0.25, 0.3) is 0 Å². The lowest BCUT2D eigenvalue weighted by atomic mass is 9.72. The summed E-state index contributed by atoms with van der Waals surface area (Å²) in [5, 5.41) is 11.0. The molecule has 0 spiro atoms. The van der Waals surface area contributed by atoms with E-state index in [-0.39, 0.29) is 11.6 Å². The highest BCUT2D eigenvalue weighted by Crippen LogP contribution is 2.38. The minimum absolute atomic E-state index is 0.0514. The van der Waals surface area contributed by atoms with Gasteiger partial charge in [0.2, 0.25) is 0 Å². The van der Waals surface area contributed by atoms with E-state index in [0.29, 0.717) is 0 Å². The fraction of sp³-hybridized carbons (Fsp3) is 0.684. The summed E-state index contributed by atoms with van der Waals surface area (Å²) < 4.78 is 0. The van der Waals surface area contributed by atoms with Gasteiger partial charge in [0.1, 0.15) is 0 Å². The van der Waals surface area contributed by atoms with E-state index in [9.17, 15) is 5.11 Å². The van der Waals surface area contributed by atoms with Gasteiger partial charge in [0, 0.05) is 12.0 Å². The van der Waals surface area contributed by atoms with Crippen molar-refractivity contribution in [1.82, 2.24) is 4.90 Å². The summed E-state index contributed by atoms with van der Waals surface area (Å²) in [6.45, 7) is 6.59. The van der Waals surface area contributed by atoms with Crippen molar-refractivity contribution < 1.29 is 5.11 Å². The van der Waals surface area contributed by atoms with Crippen LogP contribution in [0.1, 0.15) is 49.3 Å². The summed E-state index contributed by atoms with van der Waals surface area (Å²) in [5.41, 5.74) is 3.78. The zero-order chi connectivity index (χ0) is 15.6. The molecule has 0 saturated heterocycles. The molecule has 0 heterocycles. The number of hydrogen-bond acceptors (Lipinski definition) is 2. The van der Waals surface area contributed by atoms with Crippen LogP contribution in [0, 0.1) is 19.8 Å². The summed E-state index contributed by atoms with van der Waals surface area (Å²) in [6, 6.07) is 6.62. The molecule has 1 aromatic rings. The summed E-state index contributed by atoms with van der Waals surface area (Å²) in [7, 11) is 4.25. The zero-order valence-electron chi connectivity index (χ0n) is 14.3. The van der Waals surface area contributed by atoms with Crippen molar-refractivity contribution in [1.29, 1.82) is 0 Å². The minimum Gasteiger partial charge on any atom is -0.391 e. The molecule has 118 valence electrons. The van der Waals surface area contributed by atoms with Gasteiger partial charge >= 0.3 is 0 Å². The quantitative estimate of drug-likeness (QED) is 0.913. The Balaban J connectivity index is 2.17. The largest absolute Gasteiger partial charge is 0.391 e. The Kier molecular flexibility index (Phi) is 5.11. The predicted molar refractivity (Wildman–Crippen MR) is 89.7 cm³/mol. The maximum Gasteiger partial charge on any atom is 0.0763 e. The van der Waals surface area contributed by atoms with Crippen molar-refractivity contribution in [2.75, 3.05) is 14.1 Å². The maximum absolute atomic E-state index is 11.0. The van der Waals surface area contributed by atoms with E-state index in [4.69, 9.17) is 0 Å². The van der Waals surface area contributed by atoms with E-state index in [0.717, 1.165) is 25.2 Å². The lowest BCUT2D eigenvalue weighted by Gasteiger charge is -2.48. The Morgan fingerprint density at radius 1 is 1.14 bits per heavy atom. The third-order valence-electron chi connectivity index (χ3n) is 5.36. The Hall–Kier alpha value is -0.860. The van der Waals surface area contributed by atoms with Crippen molar-refractivity contribution in [2.24, 2.45) is 5.92 Å². The highest BCUT2D eigenvalue weighted by atomic mass is 16.3. The summed E-state index contributed by atoms with van der Waals surface area (Å²) in [6.07, 6.45) is 5.13. The van der Waals surface area contributed by atoms with Gasteiger partial charge in [0.05, 0.1) is 6.10 Å². The molecule has 0 aliphatic heterocycles. The predicted octanol–water partition coefficient (Wildman–Crippen LogP) is 3.72. The average Bonchev–Trinajstić information content (AvgIpc) is 2.38. The minimum atomic E-state index is -0.291. The lowest BCUT2D eigenvalue weighted by Crippen LogP contribution is -2.56. The van der Waals surface area contributed by atoms with Gasteiger partial charge in [-0.15, -0.1) is 0 Å². The van der Waals surface area contributed by atoms with Gasteiger partial charge in [0.15, 0.2) is 0 Å². The Bertz CT molecular complexity index is 452. The molecule has 2 rings (SSSR count). The molecule has 1 aromatic carbocycles. The van der Waals surface area contributed by atoms with Gasteiger partial charge in [-0.05, 0) is 65.1 Å². The molecule has 1 unspecified atom stereocenters. The number of aliphatic hydroxyl groups excluding tert-OH is 1.